The molecule has 0 aliphatic heterocycles. The molecule has 1 heterocycles. The fraction of sp³-hybridized carbons (Fsp3) is 0.174. The van der Waals surface area contributed by atoms with Gasteiger partial charge < -0.3 is 22.5 Å². The first-order valence-corrected chi connectivity index (χ1v) is 9.61. The van der Waals surface area contributed by atoms with Crippen LogP contribution in [0.1, 0.15) is 11.1 Å². The van der Waals surface area contributed by atoms with Crippen LogP contribution >= 0.6 is 0 Å². The number of amides is 2. The number of anilines is 1. The standard InChI is InChI=1S/C23H25N5O2/c24-19-7-5-18(6-8-19)17-3-1-15(2-4-17)14-21(22(26)29)28-23(30)20(25)13-16-9-11-27-12-10-16/h1-12,20-21H,13-14,24-25H2,(H2,26,29)(H,28,30). The monoisotopic (exact) mass is 403 g/mol. The summed E-state index contributed by atoms with van der Waals surface area (Å²) in [7, 11) is 0. The number of nitrogen functional groups attached to an aromatic ring is 1. The van der Waals surface area contributed by atoms with Crippen molar-refractivity contribution in [2.45, 2.75) is 24.9 Å². The van der Waals surface area contributed by atoms with Crippen LogP contribution in [0.15, 0.2) is 73.1 Å². The smallest absolute Gasteiger partial charge is 0.240 e. The third kappa shape index (κ3) is 5.65. The predicted octanol–water partition coefficient (Wildman–Crippen LogP) is 1.41. The largest absolute Gasteiger partial charge is 0.399 e. The molecule has 30 heavy (non-hydrogen) atoms. The van der Waals surface area contributed by atoms with E-state index in [1.54, 1.807) is 24.5 Å². The highest BCUT2D eigenvalue weighted by Crippen LogP contribution is 2.21. The Morgan fingerprint density at radius 3 is 1.93 bits per heavy atom. The van der Waals surface area contributed by atoms with Gasteiger partial charge in [0.05, 0.1) is 6.04 Å². The molecule has 3 aromatic rings. The number of rotatable bonds is 8. The lowest BCUT2D eigenvalue weighted by Gasteiger charge is -2.19. The van der Waals surface area contributed by atoms with Gasteiger partial charge >= 0.3 is 0 Å². The molecule has 2 unspecified atom stereocenters. The van der Waals surface area contributed by atoms with E-state index in [2.05, 4.69) is 10.3 Å². The minimum atomic E-state index is -0.844. The zero-order chi connectivity index (χ0) is 21.5. The molecule has 3 rings (SSSR count). The molecular weight excluding hydrogens is 378 g/mol. The summed E-state index contributed by atoms with van der Waals surface area (Å²) in [6.07, 6.45) is 3.90. The number of nitrogens with two attached hydrogens (primary N) is 3. The summed E-state index contributed by atoms with van der Waals surface area (Å²) in [6, 6.07) is 17.3. The van der Waals surface area contributed by atoms with E-state index >= 15 is 0 Å². The van der Waals surface area contributed by atoms with Crippen molar-refractivity contribution in [1.82, 2.24) is 10.3 Å². The van der Waals surface area contributed by atoms with E-state index in [4.69, 9.17) is 17.2 Å². The number of aromatic nitrogens is 1. The summed E-state index contributed by atoms with van der Waals surface area (Å²) in [5.74, 6) is -1.03. The third-order valence-corrected chi connectivity index (χ3v) is 4.84. The van der Waals surface area contributed by atoms with Gasteiger partial charge in [-0.05, 0) is 52.9 Å². The Kier molecular flexibility index (Phi) is 6.77. The number of primary amides is 1. The highest BCUT2D eigenvalue weighted by atomic mass is 16.2. The van der Waals surface area contributed by atoms with Gasteiger partial charge in [0.25, 0.3) is 0 Å². The maximum Gasteiger partial charge on any atom is 0.240 e. The lowest BCUT2D eigenvalue weighted by molar-refractivity contribution is -0.128. The highest BCUT2D eigenvalue weighted by Gasteiger charge is 2.22. The normalized spacial score (nSPS) is 12.7. The van der Waals surface area contributed by atoms with Gasteiger partial charge in [0.1, 0.15) is 6.04 Å². The highest BCUT2D eigenvalue weighted by molar-refractivity contribution is 5.89. The summed E-state index contributed by atoms with van der Waals surface area (Å²) in [5, 5.41) is 2.67. The second-order valence-corrected chi connectivity index (χ2v) is 7.15. The van der Waals surface area contributed by atoms with E-state index in [9.17, 15) is 9.59 Å². The van der Waals surface area contributed by atoms with Crippen molar-refractivity contribution in [3.8, 4) is 11.1 Å². The summed E-state index contributed by atoms with van der Waals surface area (Å²) in [5.41, 5.74) is 21.8. The van der Waals surface area contributed by atoms with Crippen molar-refractivity contribution in [2.75, 3.05) is 5.73 Å². The zero-order valence-corrected chi connectivity index (χ0v) is 16.5. The molecule has 0 radical (unpaired) electrons. The van der Waals surface area contributed by atoms with Crippen molar-refractivity contribution in [2.24, 2.45) is 11.5 Å². The number of benzene rings is 2. The first-order valence-electron chi connectivity index (χ1n) is 9.61. The first-order chi connectivity index (χ1) is 14.4. The van der Waals surface area contributed by atoms with Gasteiger partial charge in [0.2, 0.25) is 11.8 Å². The second-order valence-electron chi connectivity index (χ2n) is 7.15. The minimum Gasteiger partial charge on any atom is -0.399 e. The fourth-order valence-electron chi connectivity index (χ4n) is 3.11. The number of carbonyl (C=O) groups excluding carboxylic acids is 2. The number of nitrogens with zero attached hydrogens (tertiary/aromatic N) is 1. The SMILES string of the molecule is NC(=O)C(Cc1ccc(-c2ccc(N)cc2)cc1)NC(=O)C(N)Cc1ccncc1. The van der Waals surface area contributed by atoms with E-state index in [1.165, 1.54) is 0 Å². The number of nitrogens with one attached hydrogen (secondary N) is 1. The van der Waals surface area contributed by atoms with Crippen molar-refractivity contribution >= 4 is 17.5 Å². The molecule has 7 N–H and O–H groups in total. The first kappa shape index (κ1) is 21.0. The Morgan fingerprint density at radius 2 is 1.37 bits per heavy atom. The Balaban J connectivity index is 1.63. The van der Waals surface area contributed by atoms with Gasteiger partial charge in [-0.3, -0.25) is 14.6 Å². The van der Waals surface area contributed by atoms with Gasteiger partial charge in [-0.15, -0.1) is 0 Å². The molecule has 7 heteroatoms. The van der Waals surface area contributed by atoms with E-state index in [-0.39, 0.29) is 6.42 Å². The summed E-state index contributed by atoms with van der Waals surface area (Å²) in [6.45, 7) is 0. The van der Waals surface area contributed by atoms with Gasteiger partial charge in [-0.25, -0.2) is 0 Å². The second kappa shape index (κ2) is 9.67. The van der Waals surface area contributed by atoms with E-state index in [1.807, 2.05) is 48.5 Å². The number of pyridine rings is 1. The van der Waals surface area contributed by atoms with Crippen LogP contribution in [-0.2, 0) is 22.4 Å². The third-order valence-electron chi connectivity index (χ3n) is 4.84. The van der Waals surface area contributed by atoms with E-state index < -0.39 is 23.9 Å². The summed E-state index contributed by atoms with van der Waals surface area (Å²) in [4.78, 5) is 28.3. The Morgan fingerprint density at radius 1 is 0.833 bits per heavy atom. The molecule has 2 atom stereocenters. The molecule has 0 aliphatic carbocycles. The van der Waals surface area contributed by atoms with Crippen LogP contribution in [0.25, 0.3) is 11.1 Å². The molecule has 2 aromatic carbocycles. The van der Waals surface area contributed by atoms with Crippen LogP contribution in [0, 0.1) is 0 Å². The van der Waals surface area contributed by atoms with E-state index in [0.717, 1.165) is 22.3 Å². The van der Waals surface area contributed by atoms with Crippen LogP contribution in [0.5, 0.6) is 0 Å². The van der Waals surface area contributed by atoms with Gasteiger partial charge in [0.15, 0.2) is 0 Å². The Hall–Kier alpha value is -3.71. The van der Waals surface area contributed by atoms with E-state index in [0.29, 0.717) is 12.1 Å². The molecule has 1 aromatic heterocycles. The van der Waals surface area contributed by atoms with Crippen molar-refractivity contribution in [3.05, 3.63) is 84.2 Å². The topological polar surface area (TPSA) is 137 Å². The molecule has 0 fully saturated rings. The fourth-order valence-corrected chi connectivity index (χ4v) is 3.11. The Labute approximate surface area is 175 Å². The molecule has 0 spiro atoms. The number of carbonyl (C=O) groups is 2. The van der Waals surface area contributed by atoms with Crippen molar-refractivity contribution in [1.29, 1.82) is 0 Å². The van der Waals surface area contributed by atoms with Crippen LogP contribution in [0.4, 0.5) is 5.69 Å². The lowest BCUT2D eigenvalue weighted by atomic mass is 9.99. The molecule has 2 amide bonds. The predicted molar refractivity (Wildman–Crippen MR) is 117 cm³/mol. The molecular formula is C23H25N5O2. The van der Waals surface area contributed by atoms with Crippen LogP contribution in [0.3, 0.4) is 0 Å². The van der Waals surface area contributed by atoms with Crippen LogP contribution in [0.2, 0.25) is 0 Å². The minimum absolute atomic E-state index is 0.283. The van der Waals surface area contributed by atoms with Gasteiger partial charge in [0, 0.05) is 24.5 Å². The van der Waals surface area contributed by atoms with Gasteiger partial charge in [-0.2, -0.15) is 0 Å². The lowest BCUT2D eigenvalue weighted by Crippen LogP contribution is -2.51. The summed E-state index contributed by atoms with van der Waals surface area (Å²) < 4.78 is 0. The quantitative estimate of drug-likeness (QED) is 0.422. The maximum atomic E-state index is 12.4. The van der Waals surface area contributed by atoms with Crippen LogP contribution < -0.4 is 22.5 Å². The summed E-state index contributed by atoms with van der Waals surface area (Å²) >= 11 is 0. The molecule has 0 aliphatic rings. The molecule has 0 saturated heterocycles. The molecule has 7 nitrogen and oxygen atoms in total. The Bertz CT molecular complexity index is 988. The maximum absolute atomic E-state index is 12.4. The van der Waals surface area contributed by atoms with Crippen molar-refractivity contribution in [3.63, 3.8) is 0 Å². The number of hydrogen-bond donors (Lipinski definition) is 4. The number of hydrogen-bond acceptors (Lipinski definition) is 5. The van der Waals surface area contributed by atoms with Gasteiger partial charge in [-0.1, -0.05) is 36.4 Å². The zero-order valence-electron chi connectivity index (χ0n) is 16.5. The van der Waals surface area contributed by atoms with Crippen molar-refractivity contribution < 1.29 is 9.59 Å². The molecule has 0 saturated carbocycles. The average molecular weight is 403 g/mol. The molecule has 154 valence electrons. The molecule has 0 bridgehead atoms. The van der Waals surface area contributed by atoms with Crippen LogP contribution in [-0.4, -0.2) is 28.9 Å². The average Bonchev–Trinajstić information content (AvgIpc) is 2.75.